The summed E-state index contributed by atoms with van der Waals surface area (Å²) in [5, 5.41) is 9.97. The third kappa shape index (κ3) is 2.29. The second-order valence-electron chi connectivity index (χ2n) is 6.06. The zero-order chi connectivity index (χ0) is 19.7. The molecule has 0 radical (unpaired) electrons. The quantitative estimate of drug-likeness (QED) is 0.691. The fraction of sp³-hybridized carbons (Fsp3) is 0.571. The predicted molar refractivity (Wildman–Crippen MR) is 69.3 cm³/mol. The summed E-state index contributed by atoms with van der Waals surface area (Å²) in [6, 6.07) is 4.18. The third-order valence-electron chi connectivity index (χ3n) is 4.21. The molecule has 0 saturated heterocycles. The first kappa shape index (κ1) is 20.2. The first-order valence-electron chi connectivity index (χ1n) is 6.64. The molecule has 0 bridgehead atoms. The van der Waals surface area contributed by atoms with Crippen LogP contribution in [-0.4, -0.2) is 34.5 Å². The van der Waals surface area contributed by atoms with E-state index in [4.69, 9.17) is 11.6 Å². The normalized spacial score (nSPS) is 27.7. The van der Waals surface area contributed by atoms with Crippen molar-refractivity contribution in [3.63, 3.8) is 0 Å². The summed E-state index contributed by atoms with van der Waals surface area (Å²) >= 11 is 5.56. The van der Waals surface area contributed by atoms with Crippen molar-refractivity contribution >= 4 is 11.6 Å². The molecule has 0 aromatic heterocycles. The Morgan fingerprint density at radius 2 is 1.32 bits per heavy atom. The highest BCUT2D eigenvalue weighted by atomic mass is 35.5. The van der Waals surface area contributed by atoms with E-state index in [-0.39, 0.29) is 5.02 Å². The largest absolute Gasteiger partial charge is 0.385 e. The Kier molecular flexibility index (Phi) is 4.18. The molecule has 1 aromatic carbocycles. The highest BCUT2D eigenvalue weighted by Gasteiger charge is 3.00. The molecule has 1 aliphatic rings. The molecule has 0 spiro atoms. The Labute approximate surface area is 140 Å². The van der Waals surface area contributed by atoms with Crippen LogP contribution in [0.2, 0.25) is 5.02 Å². The third-order valence-corrected chi connectivity index (χ3v) is 4.45. The molecule has 11 heteroatoms. The molecule has 25 heavy (non-hydrogen) atoms. The maximum Gasteiger partial charge on any atom is 0.381 e. The van der Waals surface area contributed by atoms with Crippen molar-refractivity contribution < 1.29 is 44.6 Å². The van der Waals surface area contributed by atoms with Gasteiger partial charge in [-0.05, 0) is 24.6 Å². The lowest BCUT2D eigenvalue weighted by molar-refractivity contribution is -0.303. The van der Waals surface area contributed by atoms with Crippen molar-refractivity contribution in [2.75, 3.05) is 0 Å². The Bertz CT molecular complexity index is 661. The number of halogens is 10. The van der Waals surface area contributed by atoms with E-state index >= 15 is 0 Å². The number of hydrogen-bond acceptors (Lipinski definition) is 1. The van der Waals surface area contributed by atoms with E-state index in [9.17, 15) is 44.6 Å². The van der Waals surface area contributed by atoms with Crippen LogP contribution in [0, 0.1) is 0 Å². The zero-order valence-electron chi connectivity index (χ0n) is 12.2. The number of benzene rings is 1. The molecule has 1 fully saturated rings. The van der Waals surface area contributed by atoms with Gasteiger partial charge < -0.3 is 5.11 Å². The Balaban J connectivity index is 2.60. The van der Waals surface area contributed by atoms with Crippen molar-refractivity contribution in [1.29, 1.82) is 0 Å². The van der Waals surface area contributed by atoms with Crippen molar-refractivity contribution in [2.24, 2.45) is 0 Å². The summed E-state index contributed by atoms with van der Waals surface area (Å²) in [6.45, 7) is 0.542. The molecule has 142 valence electrons. The predicted octanol–water partition coefficient (Wildman–Crippen LogP) is 5.20. The Morgan fingerprint density at radius 3 is 1.72 bits per heavy atom. The van der Waals surface area contributed by atoms with Crippen LogP contribution >= 0.6 is 11.6 Å². The van der Waals surface area contributed by atoms with Crippen LogP contribution in [-0.2, 0) is 5.60 Å². The van der Waals surface area contributed by atoms with Gasteiger partial charge in [0.15, 0.2) is 0 Å². The standard InChI is InChI=1S/C14H10ClF9O/c1-9(25,7-3-2-4-8(15)5-7)6-10(16)11(17,18)13(21,22)14(23,24)12(10,19)20/h2-5,25H,6H2,1H3. The molecule has 1 unspecified atom stereocenters. The van der Waals surface area contributed by atoms with Crippen LogP contribution in [0.3, 0.4) is 0 Å². The topological polar surface area (TPSA) is 20.2 Å². The summed E-state index contributed by atoms with van der Waals surface area (Å²) in [7, 11) is 0. The molecule has 1 atom stereocenters. The first-order chi connectivity index (χ1) is 11.0. The molecule has 1 N–H and O–H groups in total. The summed E-state index contributed by atoms with van der Waals surface area (Å²) in [5.74, 6) is -26.2. The van der Waals surface area contributed by atoms with Crippen LogP contribution in [0.1, 0.15) is 18.9 Å². The van der Waals surface area contributed by atoms with Gasteiger partial charge in [0.2, 0.25) is 0 Å². The van der Waals surface area contributed by atoms with Crippen LogP contribution in [0.15, 0.2) is 24.3 Å². The van der Waals surface area contributed by atoms with E-state index in [0.29, 0.717) is 6.92 Å². The number of aliphatic hydroxyl groups is 1. The summed E-state index contributed by atoms with van der Waals surface area (Å²) in [4.78, 5) is 0. The van der Waals surface area contributed by atoms with Crippen LogP contribution in [0.4, 0.5) is 39.5 Å². The van der Waals surface area contributed by atoms with E-state index in [2.05, 4.69) is 0 Å². The molecule has 1 nitrogen and oxygen atoms in total. The summed E-state index contributed by atoms with van der Waals surface area (Å²) in [5.41, 5.74) is -9.15. The lowest BCUT2D eigenvalue weighted by Crippen LogP contribution is -2.57. The van der Waals surface area contributed by atoms with E-state index < -0.39 is 46.9 Å². The Hall–Kier alpha value is -1.16. The van der Waals surface area contributed by atoms with Crippen molar-refractivity contribution in [2.45, 2.75) is 48.3 Å². The van der Waals surface area contributed by atoms with Gasteiger partial charge in [-0.15, -0.1) is 0 Å². The fourth-order valence-corrected chi connectivity index (χ4v) is 2.90. The second-order valence-corrected chi connectivity index (χ2v) is 6.50. The van der Waals surface area contributed by atoms with Crippen molar-refractivity contribution in [3.8, 4) is 0 Å². The molecule has 0 amide bonds. The molecule has 0 heterocycles. The fourth-order valence-electron chi connectivity index (χ4n) is 2.71. The minimum Gasteiger partial charge on any atom is -0.385 e. The minimum absolute atomic E-state index is 0.119. The molecule has 1 saturated carbocycles. The van der Waals surface area contributed by atoms with Gasteiger partial charge in [0.05, 0.1) is 5.60 Å². The maximum atomic E-state index is 14.5. The van der Waals surface area contributed by atoms with E-state index in [1.165, 1.54) is 6.07 Å². The average Bonchev–Trinajstić information content (AvgIpc) is 2.49. The average molecular weight is 401 g/mol. The van der Waals surface area contributed by atoms with Crippen LogP contribution < -0.4 is 0 Å². The highest BCUT2D eigenvalue weighted by molar-refractivity contribution is 6.30. The molecule has 0 aliphatic heterocycles. The van der Waals surface area contributed by atoms with Crippen molar-refractivity contribution in [1.82, 2.24) is 0 Å². The molecule has 2 rings (SSSR count). The van der Waals surface area contributed by atoms with Gasteiger partial charge in [-0.1, -0.05) is 23.7 Å². The van der Waals surface area contributed by atoms with E-state index in [1.54, 1.807) is 0 Å². The first-order valence-corrected chi connectivity index (χ1v) is 7.02. The second kappa shape index (κ2) is 5.18. The van der Waals surface area contributed by atoms with Crippen LogP contribution in [0.5, 0.6) is 0 Å². The van der Waals surface area contributed by atoms with Gasteiger partial charge in [-0.3, -0.25) is 0 Å². The summed E-state index contributed by atoms with van der Waals surface area (Å²) < 4.78 is 122. The zero-order valence-corrected chi connectivity index (χ0v) is 13.0. The number of hydrogen-bond donors (Lipinski definition) is 1. The van der Waals surface area contributed by atoms with Gasteiger partial charge in [-0.25, -0.2) is 4.39 Å². The summed E-state index contributed by atoms with van der Waals surface area (Å²) in [6.07, 6.45) is -2.43. The molecular weight excluding hydrogens is 391 g/mol. The van der Waals surface area contributed by atoms with E-state index in [1.807, 2.05) is 0 Å². The van der Waals surface area contributed by atoms with Gasteiger partial charge in [0.1, 0.15) is 0 Å². The van der Waals surface area contributed by atoms with Gasteiger partial charge in [0, 0.05) is 11.4 Å². The molecular formula is C14H10ClF9O. The van der Waals surface area contributed by atoms with E-state index in [0.717, 1.165) is 18.2 Å². The SMILES string of the molecule is CC(O)(CC1(F)C(F)(F)C(F)(F)C(F)(F)C1(F)F)c1cccc(Cl)c1. The lowest BCUT2D eigenvalue weighted by atomic mass is 9.80. The van der Waals surface area contributed by atoms with Gasteiger partial charge >= 0.3 is 23.7 Å². The van der Waals surface area contributed by atoms with Crippen molar-refractivity contribution in [3.05, 3.63) is 34.9 Å². The minimum atomic E-state index is -6.66. The molecule has 1 aliphatic carbocycles. The smallest absolute Gasteiger partial charge is 0.381 e. The van der Waals surface area contributed by atoms with Crippen LogP contribution in [0.25, 0.3) is 0 Å². The monoisotopic (exact) mass is 400 g/mol. The lowest BCUT2D eigenvalue weighted by Gasteiger charge is -2.36. The molecule has 1 aromatic rings. The Morgan fingerprint density at radius 1 is 0.880 bits per heavy atom. The van der Waals surface area contributed by atoms with Gasteiger partial charge in [0.25, 0.3) is 5.67 Å². The van der Waals surface area contributed by atoms with Gasteiger partial charge in [-0.2, -0.15) is 35.1 Å². The number of alkyl halides is 9. The maximum absolute atomic E-state index is 14.5. The highest BCUT2D eigenvalue weighted by Crippen LogP contribution is 2.70. The number of rotatable bonds is 3.